The third-order valence-electron chi connectivity index (χ3n) is 5.46. The van der Waals surface area contributed by atoms with E-state index in [-0.39, 0.29) is 17.8 Å². The molecule has 0 bridgehead atoms. The molecule has 0 fully saturated rings. The predicted octanol–water partition coefficient (Wildman–Crippen LogP) is 5.40. The number of ether oxygens (including phenoxy) is 2. The first-order valence-corrected chi connectivity index (χ1v) is 10.6. The molecule has 1 atom stereocenters. The van der Waals surface area contributed by atoms with Crippen LogP contribution < -0.4 is 14.8 Å². The standard InChI is InChI=1S/C26H26FNO3/c1-18-16-21(9-11-22(18)27)26(29)28-23(12-8-19-6-3-2-4-7-19)20-10-13-24-25(17-20)31-15-5-14-30-24/h2-4,6-7,9-11,13,16-17,23H,5,8,12,14-15H2,1H3,(H,28,29). The number of aryl methyl sites for hydroxylation is 2. The Morgan fingerprint density at radius 2 is 1.77 bits per heavy atom. The summed E-state index contributed by atoms with van der Waals surface area (Å²) in [4.78, 5) is 13.0. The lowest BCUT2D eigenvalue weighted by atomic mass is 9.98. The van der Waals surface area contributed by atoms with Crippen LogP contribution in [0.4, 0.5) is 4.39 Å². The Morgan fingerprint density at radius 3 is 2.55 bits per heavy atom. The van der Waals surface area contributed by atoms with E-state index in [9.17, 15) is 9.18 Å². The highest BCUT2D eigenvalue weighted by molar-refractivity contribution is 5.94. The van der Waals surface area contributed by atoms with Crippen molar-refractivity contribution in [3.05, 3.63) is 94.8 Å². The second-order valence-corrected chi connectivity index (χ2v) is 7.77. The van der Waals surface area contributed by atoms with Crippen molar-refractivity contribution in [3.63, 3.8) is 0 Å². The quantitative estimate of drug-likeness (QED) is 0.582. The van der Waals surface area contributed by atoms with Gasteiger partial charge in [0.2, 0.25) is 0 Å². The second-order valence-electron chi connectivity index (χ2n) is 7.77. The number of carbonyl (C=O) groups excluding carboxylic acids is 1. The highest BCUT2D eigenvalue weighted by Gasteiger charge is 2.20. The number of amides is 1. The Bertz CT molecular complexity index is 1050. The Morgan fingerprint density at radius 1 is 1.00 bits per heavy atom. The Labute approximate surface area is 182 Å². The minimum absolute atomic E-state index is 0.227. The summed E-state index contributed by atoms with van der Waals surface area (Å²) in [5.74, 6) is 0.878. The van der Waals surface area contributed by atoms with E-state index in [1.165, 1.54) is 17.7 Å². The van der Waals surface area contributed by atoms with Crippen LogP contribution in [-0.2, 0) is 6.42 Å². The van der Waals surface area contributed by atoms with Gasteiger partial charge in [0.25, 0.3) is 5.91 Å². The molecule has 1 N–H and O–H groups in total. The van der Waals surface area contributed by atoms with Gasteiger partial charge >= 0.3 is 0 Å². The molecule has 1 unspecified atom stereocenters. The van der Waals surface area contributed by atoms with Crippen LogP contribution in [0.15, 0.2) is 66.7 Å². The molecule has 0 saturated heterocycles. The number of halogens is 1. The molecule has 4 nitrogen and oxygen atoms in total. The van der Waals surface area contributed by atoms with E-state index < -0.39 is 0 Å². The molecule has 3 aromatic rings. The summed E-state index contributed by atoms with van der Waals surface area (Å²) in [6.07, 6.45) is 2.36. The maximum atomic E-state index is 13.6. The summed E-state index contributed by atoms with van der Waals surface area (Å²) in [5, 5.41) is 3.13. The fourth-order valence-corrected chi connectivity index (χ4v) is 3.70. The molecule has 3 aromatic carbocycles. The minimum Gasteiger partial charge on any atom is -0.490 e. The maximum absolute atomic E-state index is 13.6. The average molecular weight is 419 g/mol. The summed E-state index contributed by atoms with van der Waals surface area (Å²) in [5.41, 5.74) is 3.04. The topological polar surface area (TPSA) is 47.6 Å². The van der Waals surface area contributed by atoms with Crippen LogP contribution in [0.3, 0.4) is 0 Å². The Hall–Kier alpha value is -3.34. The number of rotatable bonds is 6. The van der Waals surface area contributed by atoms with Gasteiger partial charge in [-0.15, -0.1) is 0 Å². The molecule has 0 spiro atoms. The Kier molecular flexibility index (Phi) is 6.51. The van der Waals surface area contributed by atoms with Crippen molar-refractivity contribution in [2.45, 2.75) is 32.2 Å². The Balaban J connectivity index is 1.58. The summed E-state index contributed by atoms with van der Waals surface area (Å²) in [6, 6.07) is 20.2. The third kappa shape index (κ3) is 5.23. The molecule has 0 saturated carbocycles. The molecule has 31 heavy (non-hydrogen) atoms. The summed E-state index contributed by atoms with van der Waals surface area (Å²) in [7, 11) is 0. The highest BCUT2D eigenvalue weighted by Crippen LogP contribution is 2.33. The fourth-order valence-electron chi connectivity index (χ4n) is 3.70. The normalized spacial score (nSPS) is 13.9. The molecule has 160 valence electrons. The van der Waals surface area contributed by atoms with Crippen LogP contribution >= 0.6 is 0 Å². The van der Waals surface area contributed by atoms with Gasteiger partial charge in [-0.05, 0) is 66.8 Å². The van der Waals surface area contributed by atoms with Crippen molar-refractivity contribution >= 4 is 5.91 Å². The van der Waals surface area contributed by atoms with Crippen molar-refractivity contribution in [2.24, 2.45) is 0 Å². The third-order valence-corrected chi connectivity index (χ3v) is 5.46. The highest BCUT2D eigenvalue weighted by atomic mass is 19.1. The summed E-state index contributed by atoms with van der Waals surface area (Å²) >= 11 is 0. The monoisotopic (exact) mass is 419 g/mol. The molecular weight excluding hydrogens is 393 g/mol. The van der Waals surface area contributed by atoms with Crippen LogP contribution in [0.1, 0.15) is 45.9 Å². The van der Waals surface area contributed by atoms with E-state index >= 15 is 0 Å². The molecular formula is C26H26FNO3. The van der Waals surface area contributed by atoms with Gasteiger partial charge in [0.1, 0.15) is 5.82 Å². The molecule has 1 heterocycles. The zero-order chi connectivity index (χ0) is 21.6. The predicted molar refractivity (Wildman–Crippen MR) is 118 cm³/mol. The zero-order valence-electron chi connectivity index (χ0n) is 17.6. The molecule has 5 heteroatoms. The smallest absolute Gasteiger partial charge is 0.251 e. The average Bonchev–Trinajstić information content (AvgIpc) is 3.04. The first-order valence-electron chi connectivity index (χ1n) is 10.6. The summed E-state index contributed by atoms with van der Waals surface area (Å²) in [6.45, 7) is 2.89. The molecule has 1 amide bonds. The van der Waals surface area contributed by atoms with E-state index in [1.54, 1.807) is 13.0 Å². The van der Waals surface area contributed by atoms with E-state index in [1.807, 2.05) is 36.4 Å². The van der Waals surface area contributed by atoms with E-state index in [0.29, 0.717) is 30.1 Å². The lowest BCUT2D eigenvalue weighted by Crippen LogP contribution is -2.29. The first kappa shape index (κ1) is 20.9. The fraction of sp³-hybridized carbons (Fsp3) is 0.269. The van der Waals surface area contributed by atoms with Gasteiger partial charge in [-0.3, -0.25) is 4.79 Å². The van der Waals surface area contributed by atoms with Gasteiger partial charge < -0.3 is 14.8 Å². The minimum atomic E-state index is -0.319. The molecule has 1 aliphatic heterocycles. The molecule has 0 radical (unpaired) electrons. The van der Waals surface area contributed by atoms with E-state index in [2.05, 4.69) is 17.4 Å². The number of hydrogen-bond donors (Lipinski definition) is 1. The number of nitrogens with one attached hydrogen (secondary N) is 1. The van der Waals surface area contributed by atoms with Crippen molar-refractivity contribution < 1.29 is 18.7 Å². The van der Waals surface area contributed by atoms with Crippen molar-refractivity contribution in [3.8, 4) is 11.5 Å². The largest absolute Gasteiger partial charge is 0.490 e. The van der Waals surface area contributed by atoms with Gasteiger partial charge in [0.15, 0.2) is 11.5 Å². The first-order chi connectivity index (χ1) is 15.1. The van der Waals surface area contributed by atoms with Gasteiger partial charge in [0.05, 0.1) is 19.3 Å². The van der Waals surface area contributed by atoms with E-state index in [0.717, 1.165) is 30.6 Å². The molecule has 0 aliphatic carbocycles. The molecule has 4 rings (SSSR count). The van der Waals surface area contributed by atoms with Crippen LogP contribution in [-0.4, -0.2) is 19.1 Å². The summed E-state index contributed by atoms with van der Waals surface area (Å²) < 4.78 is 25.2. The van der Waals surface area contributed by atoms with Crippen LogP contribution in [0, 0.1) is 12.7 Å². The second kappa shape index (κ2) is 9.65. The van der Waals surface area contributed by atoms with Crippen LogP contribution in [0.5, 0.6) is 11.5 Å². The molecule has 0 aromatic heterocycles. The van der Waals surface area contributed by atoms with Crippen molar-refractivity contribution in [2.75, 3.05) is 13.2 Å². The SMILES string of the molecule is Cc1cc(C(=O)NC(CCc2ccccc2)c2ccc3c(c2)OCCCO3)ccc1F. The van der Waals surface area contributed by atoms with Gasteiger partial charge in [-0.1, -0.05) is 36.4 Å². The number of carbonyl (C=O) groups is 1. The lowest BCUT2D eigenvalue weighted by molar-refractivity contribution is 0.0934. The molecule has 1 aliphatic rings. The van der Waals surface area contributed by atoms with Gasteiger partial charge in [-0.25, -0.2) is 4.39 Å². The van der Waals surface area contributed by atoms with Crippen molar-refractivity contribution in [1.29, 1.82) is 0 Å². The maximum Gasteiger partial charge on any atom is 0.251 e. The van der Waals surface area contributed by atoms with Crippen LogP contribution in [0.2, 0.25) is 0 Å². The zero-order valence-corrected chi connectivity index (χ0v) is 17.6. The number of hydrogen-bond acceptors (Lipinski definition) is 3. The number of benzene rings is 3. The van der Waals surface area contributed by atoms with Gasteiger partial charge in [-0.2, -0.15) is 0 Å². The van der Waals surface area contributed by atoms with Crippen molar-refractivity contribution in [1.82, 2.24) is 5.32 Å². The van der Waals surface area contributed by atoms with Crippen LogP contribution in [0.25, 0.3) is 0 Å². The lowest BCUT2D eigenvalue weighted by Gasteiger charge is -2.21. The van der Waals surface area contributed by atoms with E-state index in [4.69, 9.17) is 9.47 Å². The number of fused-ring (bicyclic) bond motifs is 1. The van der Waals surface area contributed by atoms with Gasteiger partial charge in [0, 0.05) is 12.0 Å².